The van der Waals surface area contributed by atoms with Gasteiger partial charge >= 0.3 is 0 Å². The Balaban J connectivity index is 1.89. The van der Waals surface area contributed by atoms with Crippen molar-refractivity contribution in [2.45, 2.75) is 13.8 Å². The van der Waals surface area contributed by atoms with Crippen LogP contribution in [0.2, 0.25) is 0 Å². The molecule has 0 bridgehead atoms. The molecule has 0 fully saturated rings. The second-order valence-corrected chi connectivity index (χ2v) is 5.24. The first kappa shape index (κ1) is 12.8. The Kier molecular flexibility index (Phi) is 3.46. The molecule has 2 aromatic rings. The van der Waals surface area contributed by atoms with E-state index >= 15 is 0 Å². The molecule has 0 N–H and O–H groups in total. The van der Waals surface area contributed by atoms with Crippen molar-refractivity contribution in [2.24, 2.45) is 0 Å². The Morgan fingerprint density at radius 2 is 1.45 bits per heavy atom. The van der Waals surface area contributed by atoms with Crippen LogP contribution < -0.4 is 4.90 Å². The van der Waals surface area contributed by atoms with Gasteiger partial charge in [0.15, 0.2) is 0 Å². The van der Waals surface area contributed by atoms with Crippen LogP contribution in [-0.2, 0) is 4.74 Å². The zero-order chi connectivity index (χ0) is 13.9. The largest absolute Gasteiger partial charge is 0.490 e. The maximum atomic E-state index is 5.80. The summed E-state index contributed by atoms with van der Waals surface area (Å²) in [6.07, 6.45) is 2.10. The van der Waals surface area contributed by atoms with Crippen molar-refractivity contribution in [1.82, 2.24) is 0 Å². The average Bonchev–Trinajstić information content (AvgIpc) is 2.49. The lowest BCUT2D eigenvalue weighted by Gasteiger charge is -2.27. The van der Waals surface area contributed by atoms with Crippen LogP contribution in [0.25, 0.3) is 5.76 Å². The summed E-state index contributed by atoms with van der Waals surface area (Å²) in [6.45, 7) is 5.81. The van der Waals surface area contributed by atoms with Crippen LogP contribution in [-0.4, -0.2) is 13.2 Å². The summed E-state index contributed by atoms with van der Waals surface area (Å²) in [6, 6.07) is 17.1. The van der Waals surface area contributed by atoms with E-state index in [1.54, 1.807) is 0 Å². The number of ether oxygens (including phenoxy) is 1. The molecule has 3 rings (SSSR count). The highest BCUT2D eigenvalue weighted by Gasteiger charge is 2.14. The highest BCUT2D eigenvalue weighted by molar-refractivity contribution is 5.65. The highest BCUT2D eigenvalue weighted by Crippen LogP contribution is 2.24. The van der Waals surface area contributed by atoms with Gasteiger partial charge in [-0.3, -0.25) is 0 Å². The van der Waals surface area contributed by atoms with Crippen LogP contribution in [0.1, 0.15) is 16.7 Å². The van der Waals surface area contributed by atoms with Crippen molar-refractivity contribution in [3.63, 3.8) is 0 Å². The molecule has 20 heavy (non-hydrogen) atoms. The maximum Gasteiger partial charge on any atom is 0.142 e. The molecular weight excluding hydrogens is 246 g/mol. The van der Waals surface area contributed by atoms with Gasteiger partial charge in [-0.25, -0.2) is 0 Å². The first-order chi connectivity index (χ1) is 9.72. The van der Waals surface area contributed by atoms with E-state index in [0.717, 1.165) is 17.9 Å². The van der Waals surface area contributed by atoms with Crippen LogP contribution in [0.4, 0.5) is 5.69 Å². The minimum absolute atomic E-state index is 0.716. The number of rotatable bonds is 2. The van der Waals surface area contributed by atoms with Gasteiger partial charge in [0.25, 0.3) is 0 Å². The number of anilines is 1. The fraction of sp³-hybridized carbons (Fsp3) is 0.222. The molecule has 0 unspecified atom stereocenters. The molecule has 0 saturated heterocycles. The second-order valence-electron chi connectivity index (χ2n) is 5.24. The van der Waals surface area contributed by atoms with Gasteiger partial charge in [-0.05, 0) is 26.0 Å². The molecule has 2 nitrogen and oxygen atoms in total. The lowest BCUT2D eigenvalue weighted by Crippen LogP contribution is -2.26. The van der Waals surface area contributed by atoms with E-state index in [1.807, 2.05) is 0 Å². The fourth-order valence-electron chi connectivity index (χ4n) is 2.31. The predicted molar refractivity (Wildman–Crippen MR) is 83.6 cm³/mol. The minimum atomic E-state index is 0.716. The number of benzene rings is 2. The quantitative estimate of drug-likeness (QED) is 0.809. The molecule has 1 aliphatic heterocycles. The Morgan fingerprint density at radius 3 is 2.10 bits per heavy atom. The fourth-order valence-corrected chi connectivity index (χ4v) is 2.31. The summed E-state index contributed by atoms with van der Waals surface area (Å²) in [5.41, 5.74) is 4.89. The van der Waals surface area contributed by atoms with E-state index < -0.39 is 0 Å². The van der Waals surface area contributed by atoms with Crippen molar-refractivity contribution >= 4 is 11.4 Å². The third-order valence-electron chi connectivity index (χ3n) is 3.56. The van der Waals surface area contributed by atoms with Crippen molar-refractivity contribution < 1.29 is 4.74 Å². The topological polar surface area (TPSA) is 12.5 Å². The Hall–Kier alpha value is -2.22. The molecule has 0 atom stereocenters. The molecule has 0 spiro atoms. The standard InChI is InChI=1S/C18H19NO/c1-14-3-7-16(8-4-14)18-13-19(11-12-20-18)17-9-5-15(2)6-10-17/h3-10,13H,11-12H2,1-2H3. The van der Waals surface area contributed by atoms with Crippen LogP contribution in [0.5, 0.6) is 0 Å². The van der Waals surface area contributed by atoms with Gasteiger partial charge < -0.3 is 9.64 Å². The molecule has 0 amide bonds. The van der Waals surface area contributed by atoms with Crippen molar-refractivity contribution in [2.75, 3.05) is 18.1 Å². The summed E-state index contributed by atoms with van der Waals surface area (Å²) in [5, 5.41) is 0. The van der Waals surface area contributed by atoms with Gasteiger partial charge in [-0.2, -0.15) is 0 Å². The van der Waals surface area contributed by atoms with Crippen molar-refractivity contribution in [3.8, 4) is 0 Å². The summed E-state index contributed by atoms with van der Waals surface area (Å²) in [5.74, 6) is 0.942. The molecule has 0 aliphatic carbocycles. The Labute approximate surface area is 120 Å². The normalized spacial score (nSPS) is 14.7. The van der Waals surface area contributed by atoms with Gasteiger partial charge in [0.2, 0.25) is 0 Å². The third kappa shape index (κ3) is 2.69. The summed E-state index contributed by atoms with van der Waals surface area (Å²) in [4.78, 5) is 2.25. The summed E-state index contributed by atoms with van der Waals surface area (Å²) in [7, 11) is 0. The maximum absolute atomic E-state index is 5.80. The number of nitrogens with zero attached hydrogens (tertiary/aromatic N) is 1. The first-order valence-corrected chi connectivity index (χ1v) is 6.97. The molecule has 2 aromatic carbocycles. The van der Waals surface area contributed by atoms with Gasteiger partial charge in [0.05, 0.1) is 6.54 Å². The molecule has 0 radical (unpaired) electrons. The lowest BCUT2D eigenvalue weighted by molar-refractivity contribution is 0.274. The van der Waals surface area contributed by atoms with Crippen LogP contribution in [0, 0.1) is 13.8 Å². The minimum Gasteiger partial charge on any atom is -0.490 e. The molecule has 102 valence electrons. The van der Waals surface area contributed by atoms with E-state index in [4.69, 9.17) is 4.74 Å². The smallest absolute Gasteiger partial charge is 0.142 e. The highest BCUT2D eigenvalue weighted by atomic mass is 16.5. The first-order valence-electron chi connectivity index (χ1n) is 6.97. The molecule has 2 heteroatoms. The molecule has 1 aliphatic rings. The Bertz CT molecular complexity index is 611. The summed E-state index contributed by atoms with van der Waals surface area (Å²) < 4.78 is 5.80. The van der Waals surface area contributed by atoms with Gasteiger partial charge in [0, 0.05) is 17.5 Å². The number of hydrogen-bond donors (Lipinski definition) is 0. The monoisotopic (exact) mass is 265 g/mol. The van der Waals surface area contributed by atoms with Gasteiger partial charge in [0.1, 0.15) is 12.4 Å². The third-order valence-corrected chi connectivity index (χ3v) is 3.56. The van der Waals surface area contributed by atoms with Gasteiger partial charge in [-0.15, -0.1) is 0 Å². The van der Waals surface area contributed by atoms with Gasteiger partial charge in [-0.1, -0.05) is 47.5 Å². The van der Waals surface area contributed by atoms with Crippen molar-refractivity contribution in [3.05, 3.63) is 71.4 Å². The van der Waals surface area contributed by atoms with E-state index in [2.05, 4.69) is 73.5 Å². The van der Waals surface area contributed by atoms with E-state index in [9.17, 15) is 0 Å². The Morgan fingerprint density at radius 1 is 0.850 bits per heavy atom. The zero-order valence-electron chi connectivity index (χ0n) is 12.0. The second kappa shape index (κ2) is 5.41. The number of aryl methyl sites for hydroxylation is 2. The average molecular weight is 265 g/mol. The van der Waals surface area contributed by atoms with E-state index in [1.165, 1.54) is 16.8 Å². The molecule has 1 heterocycles. The lowest BCUT2D eigenvalue weighted by atomic mass is 10.1. The van der Waals surface area contributed by atoms with E-state index in [0.29, 0.717) is 6.61 Å². The van der Waals surface area contributed by atoms with Crippen LogP contribution >= 0.6 is 0 Å². The SMILES string of the molecule is Cc1ccc(C2=CN(c3ccc(C)cc3)CCO2)cc1. The van der Waals surface area contributed by atoms with E-state index in [-0.39, 0.29) is 0 Å². The predicted octanol–water partition coefficient (Wildman–Crippen LogP) is 4.14. The number of hydrogen-bond acceptors (Lipinski definition) is 2. The molecule has 0 saturated carbocycles. The van der Waals surface area contributed by atoms with Crippen LogP contribution in [0.15, 0.2) is 54.7 Å². The van der Waals surface area contributed by atoms with Crippen LogP contribution in [0.3, 0.4) is 0 Å². The van der Waals surface area contributed by atoms with Crippen molar-refractivity contribution in [1.29, 1.82) is 0 Å². The summed E-state index contributed by atoms with van der Waals surface area (Å²) >= 11 is 0. The molecular formula is C18H19NO. The molecule has 0 aromatic heterocycles. The zero-order valence-corrected chi connectivity index (χ0v) is 12.0.